The molecule has 2 amide bonds. The Morgan fingerprint density at radius 3 is 2.55 bits per heavy atom. The van der Waals surface area contributed by atoms with Crippen molar-refractivity contribution in [1.82, 2.24) is 9.80 Å². The second-order valence-electron chi connectivity index (χ2n) is 8.61. The first kappa shape index (κ1) is 22.7. The first-order valence-corrected chi connectivity index (χ1v) is 11.5. The number of benzene rings is 3. The van der Waals surface area contributed by atoms with E-state index in [1.54, 1.807) is 18.0 Å². The van der Waals surface area contributed by atoms with Crippen LogP contribution in [0.2, 0.25) is 0 Å². The monoisotopic (exact) mass is 441 g/mol. The first-order chi connectivity index (χ1) is 16.1. The molecule has 170 valence electrons. The molecule has 1 aliphatic rings. The average molecular weight is 442 g/mol. The van der Waals surface area contributed by atoms with Crippen LogP contribution in [0.25, 0.3) is 10.8 Å². The standard InChI is InChI=1S/C28H31N3O2/c1-30(27(32)12-6-7-16-29)26(19-21-13-14-22-8-2-4-10-24(22)18-21)28(33)31-17-15-23-9-3-5-11-25(23)20-31/h2-6,8-14,18,26H,7,15-17,19-20,29H2,1H3/b12-6+/t26-/m1/s1. The predicted molar refractivity (Wildman–Crippen MR) is 133 cm³/mol. The van der Waals surface area contributed by atoms with E-state index in [0.717, 1.165) is 22.8 Å². The van der Waals surface area contributed by atoms with Crippen LogP contribution >= 0.6 is 0 Å². The fourth-order valence-electron chi connectivity index (χ4n) is 4.43. The number of carbonyl (C=O) groups is 2. The van der Waals surface area contributed by atoms with Crippen LogP contribution in [0.1, 0.15) is 23.1 Å². The lowest BCUT2D eigenvalue weighted by atomic mass is 9.97. The summed E-state index contributed by atoms with van der Waals surface area (Å²) < 4.78 is 0. The summed E-state index contributed by atoms with van der Waals surface area (Å²) in [5, 5.41) is 2.29. The van der Waals surface area contributed by atoms with Gasteiger partial charge in [-0.2, -0.15) is 0 Å². The van der Waals surface area contributed by atoms with Crippen molar-refractivity contribution in [1.29, 1.82) is 0 Å². The lowest BCUT2D eigenvalue weighted by Crippen LogP contribution is -2.51. The minimum atomic E-state index is -0.577. The molecule has 0 aromatic heterocycles. The number of carbonyl (C=O) groups excluding carboxylic acids is 2. The SMILES string of the molecule is CN(C(=O)/C=C/CCN)[C@H](Cc1ccc2ccccc2c1)C(=O)N1CCc2ccccc2C1. The van der Waals surface area contributed by atoms with Crippen LogP contribution in [0, 0.1) is 0 Å². The number of amides is 2. The zero-order chi connectivity index (χ0) is 23.2. The maximum absolute atomic E-state index is 13.7. The number of hydrogen-bond acceptors (Lipinski definition) is 3. The Bertz CT molecular complexity index is 1170. The van der Waals surface area contributed by atoms with Gasteiger partial charge in [0.05, 0.1) is 0 Å². The summed E-state index contributed by atoms with van der Waals surface area (Å²) in [6, 6.07) is 22.1. The normalized spacial score (nSPS) is 14.3. The molecule has 3 aromatic rings. The van der Waals surface area contributed by atoms with Gasteiger partial charge in [0.2, 0.25) is 11.8 Å². The summed E-state index contributed by atoms with van der Waals surface area (Å²) >= 11 is 0. The van der Waals surface area contributed by atoms with Crippen LogP contribution in [0.15, 0.2) is 78.9 Å². The van der Waals surface area contributed by atoms with E-state index in [2.05, 4.69) is 42.5 Å². The van der Waals surface area contributed by atoms with Crippen molar-refractivity contribution in [2.45, 2.75) is 31.8 Å². The predicted octanol–water partition coefficient (Wildman–Crippen LogP) is 3.70. The van der Waals surface area contributed by atoms with Gasteiger partial charge in [0, 0.05) is 26.6 Å². The quantitative estimate of drug-likeness (QED) is 0.569. The van der Waals surface area contributed by atoms with E-state index < -0.39 is 6.04 Å². The van der Waals surface area contributed by atoms with Crippen molar-refractivity contribution < 1.29 is 9.59 Å². The molecule has 4 rings (SSSR count). The van der Waals surface area contributed by atoms with Gasteiger partial charge in [0.1, 0.15) is 6.04 Å². The average Bonchev–Trinajstić information content (AvgIpc) is 2.86. The minimum Gasteiger partial charge on any atom is -0.336 e. The lowest BCUT2D eigenvalue weighted by molar-refractivity contribution is -0.143. The van der Waals surface area contributed by atoms with Gasteiger partial charge in [-0.25, -0.2) is 0 Å². The topological polar surface area (TPSA) is 66.6 Å². The van der Waals surface area contributed by atoms with Crippen LogP contribution in [0.3, 0.4) is 0 Å². The van der Waals surface area contributed by atoms with Gasteiger partial charge in [-0.15, -0.1) is 0 Å². The smallest absolute Gasteiger partial charge is 0.246 e. The summed E-state index contributed by atoms with van der Waals surface area (Å²) in [5.41, 5.74) is 9.06. The summed E-state index contributed by atoms with van der Waals surface area (Å²) in [6.07, 6.45) is 5.23. The number of nitrogens with two attached hydrogens (primary N) is 1. The van der Waals surface area contributed by atoms with Gasteiger partial charge in [0.25, 0.3) is 0 Å². The van der Waals surface area contributed by atoms with Gasteiger partial charge in [-0.3, -0.25) is 9.59 Å². The number of nitrogens with zero attached hydrogens (tertiary/aromatic N) is 2. The molecular formula is C28H31N3O2. The Labute approximate surface area is 195 Å². The molecule has 5 heteroatoms. The zero-order valence-corrected chi connectivity index (χ0v) is 19.1. The second-order valence-corrected chi connectivity index (χ2v) is 8.61. The van der Waals surface area contributed by atoms with E-state index in [4.69, 9.17) is 5.73 Å². The van der Waals surface area contributed by atoms with Crippen LogP contribution < -0.4 is 5.73 Å². The van der Waals surface area contributed by atoms with Crippen LogP contribution in [-0.4, -0.2) is 47.8 Å². The second kappa shape index (κ2) is 10.5. The van der Waals surface area contributed by atoms with E-state index in [-0.39, 0.29) is 11.8 Å². The molecule has 0 bridgehead atoms. The van der Waals surface area contributed by atoms with E-state index in [9.17, 15) is 9.59 Å². The Kier molecular flexibility index (Phi) is 7.20. The zero-order valence-electron chi connectivity index (χ0n) is 19.1. The van der Waals surface area contributed by atoms with Crippen molar-refractivity contribution in [3.63, 3.8) is 0 Å². The summed E-state index contributed by atoms with van der Waals surface area (Å²) in [4.78, 5) is 30.1. The van der Waals surface area contributed by atoms with Crippen molar-refractivity contribution in [3.05, 3.63) is 95.6 Å². The van der Waals surface area contributed by atoms with E-state index in [1.165, 1.54) is 17.2 Å². The van der Waals surface area contributed by atoms with Crippen LogP contribution in [0.5, 0.6) is 0 Å². The fourth-order valence-corrected chi connectivity index (χ4v) is 4.43. The highest BCUT2D eigenvalue weighted by molar-refractivity contribution is 5.93. The van der Waals surface area contributed by atoms with Crippen molar-refractivity contribution in [2.24, 2.45) is 5.73 Å². The Hall–Kier alpha value is -3.44. The lowest BCUT2D eigenvalue weighted by Gasteiger charge is -2.35. The molecular weight excluding hydrogens is 410 g/mol. The molecule has 0 saturated heterocycles. The molecule has 1 heterocycles. The van der Waals surface area contributed by atoms with Gasteiger partial charge in [0.15, 0.2) is 0 Å². The van der Waals surface area contributed by atoms with Crippen molar-refractivity contribution in [3.8, 4) is 0 Å². The highest BCUT2D eigenvalue weighted by Gasteiger charge is 2.32. The molecule has 1 aliphatic heterocycles. The fraction of sp³-hybridized carbons (Fsp3) is 0.286. The van der Waals surface area contributed by atoms with E-state index >= 15 is 0 Å². The van der Waals surface area contributed by atoms with Crippen molar-refractivity contribution >= 4 is 22.6 Å². The number of rotatable bonds is 7. The summed E-state index contributed by atoms with van der Waals surface area (Å²) in [7, 11) is 1.72. The third-order valence-electron chi connectivity index (χ3n) is 6.38. The molecule has 33 heavy (non-hydrogen) atoms. The van der Waals surface area contributed by atoms with Gasteiger partial charge >= 0.3 is 0 Å². The van der Waals surface area contributed by atoms with Gasteiger partial charge in [-0.05, 0) is 52.9 Å². The van der Waals surface area contributed by atoms with Crippen molar-refractivity contribution in [2.75, 3.05) is 20.1 Å². The molecule has 0 radical (unpaired) electrons. The van der Waals surface area contributed by atoms with Crippen LogP contribution in [-0.2, 0) is 29.0 Å². The van der Waals surface area contributed by atoms with Gasteiger partial charge < -0.3 is 15.5 Å². The van der Waals surface area contributed by atoms with E-state index in [1.807, 2.05) is 29.2 Å². The van der Waals surface area contributed by atoms with Gasteiger partial charge in [-0.1, -0.05) is 72.8 Å². The third-order valence-corrected chi connectivity index (χ3v) is 6.38. The number of likely N-dealkylation sites (N-methyl/N-ethyl adjacent to an activating group) is 1. The highest BCUT2D eigenvalue weighted by Crippen LogP contribution is 2.22. The third kappa shape index (κ3) is 5.32. The Morgan fingerprint density at radius 2 is 1.76 bits per heavy atom. The minimum absolute atomic E-state index is 0.0132. The largest absolute Gasteiger partial charge is 0.336 e. The summed E-state index contributed by atoms with van der Waals surface area (Å²) in [6.45, 7) is 1.73. The van der Waals surface area contributed by atoms with E-state index in [0.29, 0.717) is 32.5 Å². The molecule has 2 N–H and O–H groups in total. The molecule has 0 unspecified atom stereocenters. The molecule has 5 nitrogen and oxygen atoms in total. The number of fused-ring (bicyclic) bond motifs is 2. The molecule has 3 aromatic carbocycles. The maximum atomic E-state index is 13.7. The summed E-state index contributed by atoms with van der Waals surface area (Å²) in [5.74, 6) is -0.194. The Morgan fingerprint density at radius 1 is 1.03 bits per heavy atom. The Balaban J connectivity index is 1.60. The molecule has 0 fully saturated rings. The molecule has 0 spiro atoms. The molecule has 0 saturated carbocycles. The number of hydrogen-bond donors (Lipinski definition) is 1. The highest BCUT2D eigenvalue weighted by atomic mass is 16.2. The molecule has 0 aliphatic carbocycles. The maximum Gasteiger partial charge on any atom is 0.246 e. The van der Waals surface area contributed by atoms with Crippen LogP contribution in [0.4, 0.5) is 0 Å². The molecule has 1 atom stereocenters. The first-order valence-electron chi connectivity index (χ1n) is 11.5.